The van der Waals surface area contributed by atoms with E-state index in [1.54, 1.807) is 12.4 Å². The second-order valence-electron chi connectivity index (χ2n) is 8.77. The van der Waals surface area contributed by atoms with E-state index in [9.17, 15) is 4.79 Å². The van der Waals surface area contributed by atoms with Gasteiger partial charge >= 0.3 is 0 Å². The number of carbonyl (C=O) groups excluding carboxylic acids is 1. The first-order chi connectivity index (χ1) is 13.4. The predicted molar refractivity (Wildman–Crippen MR) is 114 cm³/mol. The number of benzene rings is 1. The van der Waals surface area contributed by atoms with Crippen molar-refractivity contribution in [3.63, 3.8) is 0 Å². The molecule has 0 saturated heterocycles. The SMILES string of the molecule is CC(C)c1ccccc1Nc1c(-c2ccncc2)[nH]c2c1C(=O)CC(C)(C)C2. The number of aromatic amines is 1. The summed E-state index contributed by atoms with van der Waals surface area (Å²) in [7, 11) is 0. The van der Waals surface area contributed by atoms with E-state index < -0.39 is 0 Å². The Morgan fingerprint density at radius 2 is 1.79 bits per heavy atom. The van der Waals surface area contributed by atoms with E-state index in [-0.39, 0.29) is 11.2 Å². The quantitative estimate of drug-likeness (QED) is 0.581. The number of anilines is 2. The standard InChI is InChI=1S/C24H27N3O/c1-15(2)17-7-5-6-8-18(17)26-23-21-19(13-24(3,4)14-20(21)28)27-22(23)16-9-11-25-12-10-16/h5-12,15,26-27H,13-14H2,1-4H3. The fourth-order valence-electron chi connectivity index (χ4n) is 4.17. The number of ketones is 1. The Labute approximate surface area is 166 Å². The first-order valence-corrected chi connectivity index (χ1v) is 9.90. The molecule has 144 valence electrons. The van der Waals surface area contributed by atoms with E-state index in [1.807, 2.05) is 18.2 Å². The van der Waals surface area contributed by atoms with Crippen LogP contribution < -0.4 is 5.32 Å². The maximum absolute atomic E-state index is 13.1. The van der Waals surface area contributed by atoms with Gasteiger partial charge in [-0.3, -0.25) is 9.78 Å². The second-order valence-corrected chi connectivity index (χ2v) is 8.77. The molecule has 3 aromatic rings. The summed E-state index contributed by atoms with van der Waals surface area (Å²) in [5.74, 6) is 0.588. The molecule has 2 aromatic heterocycles. The Hall–Kier alpha value is -2.88. The first-order valence-electron chi connectivity index (χ1n) is 9.90. The summed E-state index contributed by atoms with van der Waals surface area (Å²) >= 11 is 0. The van der Waals surface area contributed by atoms with Crippen molar-refractivity contribution in [2.75, 3.05) is 5.32 Å². The van der Waals surface area contributed by atoms with Gasteiger partial charge in [-0.2, -0.15) is 0 Å². The van der Waals surface area contributed by atoms with Gasteiger partial charge in [-0.05, 0) is 41.5 Å². The number of rotatable bonds is 4. The number of Topliss-reactive ketones (excluding diaryl/α,β-unsaturated/α-hetero) is 1. The highest BCUT2D eigenvalue weighted by Crippen LogP contribution is 2.43. The first kappa shape index (κ1) is 18.5. The molecule has 0 aliphatic heterocycles. The molecule has 0 atom stereocenters. The molecule has 1 aliphatic carbocycles. The molecule has 4 nitrogen and oxygen atoms in total. The van der Waals surface area contributed by atoms with E-state index in [1.165, 1.54) is 5.56 Å². The van der Waals surface area contributed by atoms with Gasteiger partial charge in [0.05, 0.1) is 16.9 Å². The number of para-hydroxylation sites is 1. The molecule has 2 N–H and O–H groups in total. The number of nitrogens with zero attached hydrogens (tertiary/aromatic N) is 1. The van der Waals surface area contributed by atoms with Crippen molar-refractivity contribution in [2.24, 2.45) is 5.41 Å². The normalized spacial score (nSPS) is 15.5. The molecule has 4 rings (SSSR count). The third kappa shape index (κ3) is 3.35. The molecule has 2 heterocycles. The molecule has 28 heavy (non-hydrogen) atoms. The zero-order valence-corrected chi connectivity index (χ0v) is 17.0. The van der Waals surface area contributed by atoms with Crippen molar-refractivity contribution in [1.29, 1.82) is 0 Å². The summed E-state index contributed by atoms with van der Waals surface area (Å²) in [6.07, 6.45) is 4.99. The topological polar surface area (TPSA) is 57.8 Å². The van der Waals surface area contributed by atoms with Crippen LogP contribution in [-0.2, 0) is 6.42 Å². The van der Waals surface area contributed by atoms with Crippen LogP contribution in [0.15, 0.2) is 48.8 Å². The molecule has 0 spiro atoms. The van der Waals surface area contributed by atoms with Gasteiger partial charge in [0.1, 0.15) is 0 Å². The average molecular weight is 374 g/mol. The lowest BCUT2D eigenvalue weighted by atomic mass is 9.76. The Balaban J connectivity index is 1.89. The van der Waals surface area contributed by atoms with Gasteiger partial charge in [-0.1, -0.05) is 45.9 Å². The lowest BCUT2D eigenvalue weighted by molar-refractivity contribution is 0.0912. The Bertz CT molecular complexity index is 1020. The molecule has 0 saturated carbocycles. The maximum atomic E-state index is 13.1. The highest BCUT2D eigenvalue weighted by molar-refractivity contribution is 6.07. The molecule has 0 unspecified atom stereocenters. The van der Waals surface area contributed by atoms with Gasteiger partial charge in [0, 0.05) is 35.8 Å². The van der Waals surface area contributed by atoms with Crippen LogP contribution in [0.5, 0.6) is 0 Å². The monoisotopic (exact) mass is 373 g/mol. The summed E-state index contributed by atoms with van der Waals surface area (Å²) in [5, 5.41) is 3.61. The number of hydrogen-bond donors (Lipinski definition) is 2. The van der Waals surface area contributed by atoms with Crippen LogP contribution in [0.4, 0.5) is 11.4 Å². The number of hydrogen-bond acceptors (Lipinski definition) is 3. The molecule has 0 amide bonds. The third-order valence-electron chi connectivity index (χ3n) is 5.46. The molecule has 0 radical (unpaired) electrons. The number of nitrogens with one attached hydrogen (secondary N) is 2. The molecule has 1 aromatic carbocycles. The summed E-state index contributed by atoms with van der Waals surface area (Å²) in [4.78, 5) is 20.8. The van der Waals surface area contributed by atoms with Crippen LogP contribution in [-0.4, -0.2) is 15.8 Å². The molecular weight excluding hydrogens is 346 g/mol. The summed E-state index contributed by atoms with van der Waals surface area (Å²) < 4.78 is 0. The molecule has 0 fully saturated rings. The second kappa shape index (κ2) is 6.93. The Morgan fingerprint density at radius 3 is 2.50 bits per heavy atom. The molecule has 0 bridgehead atoms. The van der Waals surface area contributed by atoms with E-state index >= 15 is 0 Å². The van der Waals surface area contributed by atoms with Crippen LogP contribution in [0.1, 0.15) is 61.6 Å². The maximum Gasteiger partial charge on any atom is 0.167 e. The number of pyridine rings is 1. The smallest absolute Gasteiger partial charge is 0.167 e. The van der Waals surface area contributed by atoms with Gasteiger partial charge < -0.3 is 10.3 Å². The highest BCUT2D eigenvalue weighted by Gasteiger charge is 2.35. The fraction of sp³-hybridized carbons (Fsp3) is 0.333. The molecule has 4 heteroatoms. The van der Waals surface area contributed by atoms with Crippen LogP contribution in [0.3, 0.4) is 0 Å². The Morgan fingerprint density at radius 1 is 1.07 bits per heavy atom. The van der Waals surface area contributed by atoms with Crippen molar-refractivity contribution < 1.29 is 4.79 Å². The highest BCUT2D eigenvalue weighted by atomic mass is 16.1. The summed E-state index contributed by atoms with van der Waals surface area (Å²) in [5.41, 5.74) is 6.96. The molecule has 1 aliphatic rings. The number of aromatic nitrogens is 2. The minimum Gasteiger partial charge on any atom is -0.356 e. The third-order valence-corrected chi connectivity index (χ3v) is 5.46. The summed E-state index contributed by atoms with van der Waals surface area (Å²) in [6, 6.07) is 12.3. The number of carbonyl (C=O) groups is 1. The predicted octanol–water partition coefficient (Wildman–Crippen LogP) is 6.10. The van der Waals surface area contributed by atoms with Crippen LogP contribution in [0.2, 0.25) is 0 Å². The van der Waals surface area contributed by atoms with Crippen molar-refractivity contribution in [1.82, 2.24) is 9.97 Å². The van der Waals surface area contributed by atoms with E-state index in [4.69, 9.17) is 0 Å². The zero-order valence-electron chi connectivity index (χ0n) is 17.0. The largest absolute Gasteiger partial charge is 0.356 e. The van der Waals surface area contributed by atoms with Gasteiger partial charge in [-0.25, -0.2) is 0 Å². The van der Waals surface area contributed by atoms with Crippen LogP contribution >= 0.6 is 0 Å². The van der Waals surface area contributed by atoms with E-state index in [0.29, 0.717) is 12.3 Å². The molecular formula is C24H27N3O. The zero-order chi connectivity index (χ0) is 19.9. The van der Waals surface area contributed by atoms with E-state index in [2.05, 4.69) is 61.2 Å². The van der Waals surface area contributed by atoms with Crippen LogP contribution in [0.25, 0.3) is 11.3 Å². The number of H-pyrrole nitrogens is 1. The summed E-state index contributed by atoms with van der Waals surface area (Å²) in [6.45, 7) is 8.68. The van der Waals surface area contributed by atoms with Crippen molar-refractivity contribution in [2.45, 2.75) is 46.5 Å². The van der Waals surface area contributed by atoms with E-state index in [0.717, 1.165) is 40.3 Å². The van der Waals surface area contributed by atoms with Crippen molar-refractivity contribution >= 4 is 17.2 Å². The lowest BCUT2D eigenvalue weighted by Crippen LogP contribution is -2.26. The van der Waals surface area contributed by atoms with Gasteiger partial charge in [0.25, 0.3) is 0 Å². The van der Waals surface area contributed by atoms with Crippen molar-refractivity contribution in [3.05, 3.63) is 65.6 Å². The van der Waals surface area contributed by atoms with Gasteiger partial charge in [-0.15, -0.1) is 0 Å². The van der Waals surface area contributed by atoms with Gasteiger partial charge in [0.15, 0.2) is 5.78 Å². The lowest BCUT2D eigenvalue weighted by Gasteiger charge is -2.28. The minimum absolute atomic E-state index is 0.0302. The average Bonchev–Trinajstić information content (AvgIpc) is 3.00. The van der Waals surface area contributed by atoms with Crippen molar-refractivity contribution in [3.8, 4) is 11.3 Å². The fourth-order valence-corrected chi connectivity index (χ4v) is 4.17. The minimum atomic E-state index is -0.0302. The Kier molecular flexibility index (Phi) is 4.58. The number of fused-ring (bicyclic) bond motifs is 1. The van der Waals surface area contributed by atoms with Crippen LogP contribution in [0, 0.1) is 5.41 Å². The van der Waals surface area contributed by atoms with Gasteiger partial charge in [0.2, 0.25) is 0 Å².